The Kier molecular flexibility index (Phi) is 3.82. The van der Waals surface area contributed by atoms with Crippen LogP contribution in [0.15, 0.2) is 0 Å². The van der Waals surface area contributed by atoms with Gasteiger partial charge in [-0.1, -0.05) is 0 Å². The van der Waals surface area contributed by atoms with Crippen LogP contribution in [0.1, 0.15) is 65.2 Å². The number of hydrogen-bond donors (Lipinski definition) is 1. The minimum absolute atomic E-state index is 0.658. The first-order valence-corrected chi connectivity index (χ1v) is 9.61. The van der Waals surface area contributed by atoms with Crippen LogP contribution < -0.4 is 5.32 Å². The molecule has 5 rings (SSSR count). The predicted molar refractivity (Wildman–Crippen MR) is 88.3 cm³/mol. The van der Waals surface area contributed by atoms with Crippen molar-refractivity contribution >= 4 is 0 Å². The van der Waals surface area contributed by atoms with Gasteiger partial charge in [0.05, 0.1) is 0 Å². The lowest BCUT2D eigenvalue weighted by atomic mass is 9.48. The van der Waals surface area contributed by atoms with Gasteiger partial charge in [-0.25, -0.2) is 0 Å². The van der Waals surface area contributed by atoms with Crippen LogP contribution in [0.4, 0.5) is 0 Å². The van der Waals surface area contributed by atoms with E-state index in [9.17, 15) is 0 Å². The number of nitrogens with zero attached hydrogens (tertiary/aromatic N) is 1. The zero-order valence-electron chi connectivity index (χ0n) is 14.1. The van der Waals surface area contributed by atoms with Crippen LogP contribution in [0.5, 0.6) is 0 Å². The molecule has 4 aliphatic carbocycles. The van der Waals surface area contributed by atoms with E-state index in [1.54, 1.807) is 19.3 Å². The molecule has 2 nitrogen and oxygen atoms in total. The normalized spacial score (nSPS) is 45.1. The lowest BCUT2D eigenvalue weighted by molar-refractivity contribution is -0.0722. The Morgan fingerprint density at radius 2 is 1.48 bits per heavy atom. The molecule has 120 valence electrons. The number of likely N-dealkylation sites (tertiary alicyclic amines) is 1. The zero-order chi connectivity index (χ0) is 14.4. The Labute approximate surface area is 131 Å². The minimum atomic E-state index is 0.658. The first-order valence-electron chi connectivity index (χ1n) is 9.61. The average molecular weight is 290 g/mol. The van der Waals surface area contributed by atoms with Crippen molar-refractivity contribution in [1.82, 2.24) is 10.2 Å². The summed E-state index contributed by atoms with van der Waals surface area (Å²) in [5.41, 5.74) is 0.661. The van der Waals surface area contributed by atoms with Crippen LogP contribution in [0.25, 0.3) is 0 Å². The summed E-state index contributed by atoms with van der Waals surface area (Å²) >= 11 is 0. The van der Waals surface area contributed by atoms with Gasteiger partial charge in [0.15, 0.2) is 0 Å². The first-order chi connectivity index (χ1) is 10.1. The van der Waals surface area contributed by atoms with Gasteiger partial charge in [-0.15, -0.1) is 0 Å². The molecular formula is C19H34N2. The molecule has 1 heterocycles. The maximum absolute atomic E-state index is 4.02. The van der Waals surface area contributed by atoms with Crippen LogP contribution >= 0.6 is 0 Å². The summed E-state index contributed by atoms with van der Waals surface area (Å²) in [5.74, 6) is 3.23. The molecule has 2 heteroatoms. The molecule has 0 amide bonds. The second-order valence-corrected chi connectivity index (χ2v) is 9.08. The third kappa shape index (κ3) is 2.79. The first kappa shape index (κ1) is 14.5. The molecule has 4 bridgehead atoms. The average Bonchev–Trinajstić information content (AvgIpc) is 2.89. The standard InChI is InChI=1S/C19H34N2/c1-14(13-21-5-3-4-6-21)20-15(2)19-10-16-7-17(11-19)9-18(8-16)12-19/h14-18,20H,3-13H2,1-2H3. The van der Waals surface area contributed by atoms with Crippen LogP contribution in [0.2, 0.25) is 0 Å². The van der Waals surface area contributed by atoms with E-state index in [-0.39, 0.29) is 0 Å². The molecule has 0 aromatic carbocycles. The molecule has 1 saturated heterocycles. The lowest BCUT2D eigenvalue weighted by Gasteiger charge is -2.59. The van der Waals surface area contributed by atoms with Gasteiger partial charge in [-0.3, -0.25) is 0 Å². The number of hydrogen-bond acceptors (Lipinski definition) is 2. The van der Waals surface area contributed by atoms with E-state index < -0.39 is 0 Å². The highest BCUT2D eigenvalue weighted by Gasteiger charge is 2.53. The second-order valence-electron chi connectivity index (χ2n) is 9.08. The zero-order valence-corrected chi connectivity index (χ0v) is 14.1. The van der Waals surface area contributed by atoms with Gasteiger partial charge < -0.3 is 10.2 Å². The second kappa shape index (κ2) is 5.53. The van der Waals surface area contributed by atoms with E-state index in [4.69, 9.17) is 0 Å². The van der Waals surface area contributed by atoms with Crippen LogP contribution in [-0.2, 0) is 0 Å². The van der Waals surface area contributed by atoms with Crippen molar-refractivity contribution < 1.29 is 0 Å². The van der Waals surface area contributed by atoms with Crippen molar-refractivity contribution in [3.05, 3.63) is 0 Å². The molecule has 5 aliphatic rings. The fourth-order valence-corrected chi connectivity index (χ4v) is 6.72. The van der Waals surface area contributed by atoms with Gasteiger partial charge in [0.2, 0.25) is 0 Å². The smallest absolute Gasteiger partial charge is 0.0169 e. The SMILES string of the molecule is CC(CN1CCCC1)NC(C)C12CC3CC(CC(C3)C1)C2. The molecule has 0 aromatic heterocycles. The molecule has 0 spiro atoms. The topological polar surface area (TPSA) is 15.3 Å². The van der Waals surface area contributed by atoms with Crippen LogP contribution in [0, 0.1) is 23.2 Å². The van der Waals surface area contributed by atoms with Crippen molar-refractivity contribution in [2.45, 2.75) is 77.3 Å². The van der Waals surface area contributed by atoms with Gasteiger partial charge >= 0.3 is 0 Å². The summed E-state index contributed by atoms with van der Waals surface area (Å²) in [5, 5.41) is 4.02. The van der Waals surface area contributed by atoms with Gasteiger partial charge in [0, 0.05) is 18.6 Å². The molecule has 4 saturated carbocycles. The van der Waals surface area contributed by atoms with E-state index in [0.29, 0.717) is 11.5 Å². The molecule has 0 aromatic rings. The third-order valence-electron chi connectivity index (χ3n) is 7.27. The van der Waals surface area contributed by atoms with Crippen molar-refractivity contribution in [3.63, 3.8) is 0 Å². The highest BCUT2D eigenvalue weighted by molar-refractivity contribution is 5.05. The Balaban J connectivity index is 1.36. The van der Waals surface area contributed by atoms with E-state index in [1.165, 1.54) is 51.7 Å². The summed E-state index contributed by atoms with van der Waals surface area (Å²) in [6.07, 6.45) is 12.1. The largest absolute Gasteiger partial charge is 0.310 e. The molecule has 2 atom stereocenters. The molecule has 2 unspecified atom stereocenters. The monoisotopic (exact) mass is 290 g/mol. The van der Waals surface area contributed by atoms with Crippen molar-refractivity contribution in [2.75, 3.05) is 19.6 Å². The summed E-state index contributed by atoms with van der Waals surface area (Å²) in [6.45, 7) is 8.84. The summed E-state index contributed by atoms with van der Waals surface area (Å²) in [6, 6.07) is 1.38. The molecule has 5 fully saturated rings. The van der Waals surface area contributed by atoms with Crippen molar-refractivity contribution in [3.8, 4) is 0 Å². The van der Waals surface area contributed by atoms with E-state index in [0.717, 1.165) is 23.8 Å². The minimum Gasteiger partial charge on any atom is -0.310 e. The number of rotatable bonds is 5. The Hall–Kier alpha value is -0.0800. The summed E-state index contributed by atoms with van der Waals surface area (Å²) in [4.78, 5) is 2.66. The Morgan fingerprint density at radius 3 is 2.00 bits per heavy atom. The number of nitrogens with one attached hydrogen (secondary N) is 1. The Bertz CT molecular complexity index is 336. The van der Waals surface area contributed by atoms with Crippen molar-refractivity contribution in [1.29, 1.82) is 0 Å². The summed E-state index contributed by atoms with van der Waals surface area (Å²) < 4.78 is 0. The fourth-order valence-electron chi connectivity index (χ4n) is 6.72. The summed E-state index contributed by atoms with van der Waals surface area (Å²) in [7, 11) is 0. The third-order valence-corrected chi connectivity index (χ3v) is 7.27. The maximum atomic E-state index is 4.02. The van der Waals surface area contributed by atoms with Crippen LogP contribution in [0.3, 0.4) is 0 Å². The molecule has 0 radical (unpaired) electrons. The highest BCUT2D eigenvalue weighted by atomic mass is 15.2. The lowest BCUT2D eigenvalue weighted by Crippen LogP contribution is -2.57. The highest BCUT2D eigenvalue weighted by Crippen LogP contribution is 2.61. The maximum Gasteiger partial charge on any atom is 0.0169 e. The van der Waals surface area contributed by atoms with E-state index in [2.05, 4.69) is 24.1 Å². The van der Waals surface area contributed by atoms with Crippen LogP contribution in [-0.4, -0.2) is 36.6 Å². The Morgan fingerprint density at radius 1 is 0.952 bits per heavy atom. The predicted octanol–water partition coefficient (Wildman–Crippen LogP) is 3.67. The van der Waals surface area contributed by atoms with Gasteiger partial charge in [-0.05, 0) is 101 Å². The van der Waals surface area contributed by atoms with Gasteiger partial charge in [0.25, 0.3) is 0 Å². The molecule has 1 N–H and O–H groups in total. The van der Waals surface area contributed by atoms with E-state index in [1.807, 2.05) is 0 Å². The molecule has 1 aliphatic heterocycles. The van der Waals surface area contributed by atoms with E-state index >= 15 is 0 Å². The van der Waals surface area contributed by atoms with Gasteiger partial charge in [-0.2, -0.15) is 0 Å². The molecular weight excluding hydrogens is 256 g/mol. The molecule has 21 heavy (non-hydrogen) atoms. The van der Waals surface area contributed by atoms with Gasteiger partial charge in [0.1, 0.15) is 0 Å². The quantitative estimate of drug-likeness (QED) is 0.831. The fraction of sp³-hybridized carbons (Fsp3) is 1.00. The van der Waals surface area contributed by atoms with Crippen molar-refractivity contribution in [2.24, 2.45) is 23.2 Å².